The Bertz CT molecular complexity index is 545. The lowest BCUT2D eigenvalue weighted by Crippen LogP contribution is -2.09. The van der Waals surface area contributed by atoms with Gasteiger partial charge in [0.05, 0.1) is 11.0 Å². The van der Waals surface area contributed by atoms with Crippen molar-refractivity contribution in [2.75, 3.05) is 5.73 Å². The normalized spacial score (nSPS) is 13.4. The topological polar surface area (TPSA) is 43.8 Å². The van der Waals surface area contributed by atoms with Crippen LogP contribution in [0.15, 0.2) is 18.2 Å². The largest absolute Gasteiger partial charge is 0.369 e. The zero-order valence-corrected chi connectivity index (χ0v) is 11.9. The van der Waals surface area contributed by atoms with Crippen molar-refractivity contribution in [1.29, 1.82) is 0 Å². The fraction of sp³-hybridized carbons (Fsp3) is 0.500. The lowest BCUT2D eigenvalue weighted by atomic mass is 10.0. The van der Waals surface area contributed by atoms with Crippen molar-refractivity contribution < 1.29 is 0 Å². The molecule has 0 aliphatic carbocycles. The summed E-state index contributed by atoms with van der Waals surface area (Å²) in [6, 6.07) is 6.04. The van der Waals surface area contributed by atoms with Crippen LogP contribution >= 0.6 is 11.6 Å². The summed E-state index contributed by atoms with van der Waals surface area (Å²) < 4.78 is 2.09. The maximum Gasteiger partial charge on any atom is 0.201 e. The summed E-state index contributed by atoms with van der Waals surface area (Å²) in [4.78, 5) is 4.38. The van der Waals surface area contributed by atoms with Crippen molar-refractivity contribution in [2.45, 2.75) is 39.7 Å². The van der Waals surface area contributed by atoms with Gasteiger partial charge in [-0.25, -0.2) is 4.98 Å². The van der Waals surface area contributed by atoms with E-state index in [4.69, 9.17) is 17.3 Å². The van der Waals surface area contributed by atoms with E-state index in [0.717, 1.165) is 22.5 Å². The summed E-state index contributed by atoms with van der Waals surface area (Å²) >= 11 is 6.05. The molecule has 1 aromatic carbocycles. The van der Waals surface area contributed by atoms with Gasteiger partial charge in [-0.05, 0) is 43.9 Å². The molecule has 2 rings (SSSR count). The minimum atomic E-state index is 0.343. The third-order valence-corrected chi connectivity index (χ3v) is 3.52. The molecule has 1 aromatic heterocycles. The number of aromatic nitrogens is 2. The van der Waals surface area contributed by atoms with Crippen molar-refractivity contribution in [1.82, 2.24) is 9.55 Å². The standard InChI is InChI=1S/C14H20ClN3/c1-9(2)4-5-10(3)18-13-8-11(15)6-7-12(13)17-14(18)16/h6-10H,4-5H2,1-3H3,(H2,16,17). The Balaban J connectivity index is 2.36. The number of rotatable bonds is 4. The van der Waals surface area contributed by atoms with E-state index in [1.165, 1.54) is 6.42 Å². The predicted octanol–water partition coefficient (Wildman–Crippen LogP) is 4.27. The van der Waals surface area contributed by atoms with Gasteiger partial charge < -0.3 is 10.3 Å². The van der Waals surface area contributed by atoms with Crippen molar-refractivity contribution in [2.24, 2.45) is 5.92 Å². The molecule has 1 atom stereocenters. The van der Waals surface area contributed by atoms with Crippen LogP contribution in [0, 0.1) is 5.92 Å². The molecular weight excluding hydrogens is 246 g/mol. The smallest absolute Gasteiger partial charge is 0.201 e. The zero-order chi connectivity index (χ0) is 13.3. The monoisotopic (exact) mass is 265 g/mol. The fourth-order valence-electron chi connectivity index (χ4n) is 2.25. The highest BCUT2D eigenvalue weighted by Crippen LogP contribution is 2.28. The Morgan fingerprint density at radius 1 is 1.28 bits per heavy atom. The van der Waals surface area contributed by atoms with Crippen molar-refractivity contribution in [3.8, 4) is 0 Å². The van der Waals surface area contributed by atoms with Crippen molar-refractivity contribution >= 4 is 28.6 Å². The Morgan fingerprint density at radius 3 is 2.67 bits per heavy atom. The second kappa shape index (κ2) is 5.19. The maximum absolute atomic E-state index is 6.05. The van der Waals surface area contributed by atoms with Gasteiger partial charge in [0.25, 0.3) is 0 Å². The first-order valence-electron chi connectivity index (χ1n) is 6.42. The number of anilines is 1. The van der Waals surface area contributed by atoms with Gasteiger partial charge in [0.2, 0.25) is 5.95 Å². The third-order valence-electron chi connectivity index (χ3n) is 3.28. The van der Waals surface area contributed by atoms with Crippen LogP contribution in [0.25, 0.3) is 11.0 Å². The number of nitrogen functional groups attached to an aromatic ring is 1. The van der Waals surface area contributed by atoms with Crippen LogP contribution in [-0.2, 0) is 0 Å². The minimum absolute atomic E-state index is 0.343. The van der Waals surface area contributed by atoms with Crippen LogP contribution in [0.1, 0.15) is 39.7 Å². The van der Waals surface area contributed by atoms with Gasteiger partial charge in [0.1, 0.15) is 0 Å². The molecule has 0 radical (unpaired) electrons. The summed E-state index contributed by atoms with van der Waals surface area (Å²) in [5.41, 5.74) is 7.95. The molecule has 0 saturated heterocycles. The van der Waals surface area contributed by atoms with Crippen LogP contribution in [0.5, 0.6) is 0 Å². The highest BCUT2D eigenvalue weighted by Gasteiger charge is 2.14. The van der Waals surface area contributed by atoms with Crippen LogP contribution in [0.3, 0.4) is 0 Å². The SMILES string of the molecule is CC(C)CCC(C)n1c(N)nc2ccc(Cl)cc21. The van der Waals surface area contributed by atoms with Crippen LogP contribution in [0.4, 0.5) is 5.95 Å². The first-order chi connectivity index (χ1) is 8.49. The first-order valence-corrected chi connectivity index (χ1v) is 6.79. The number of nitrogens with zero attached hydrogens (tertiary/aromatic N) is 2. The van der Waals surface area contributed by atoms with Gasteiger partial charge in [-0.1, -0.05) is 25.4 Å². The molecule has 0 fully saturated rings. The lowest BCUT2D eigenvalue weighted by Gasteiger charge is -2.17. The van der Waals surface area contributed by atoms with Crippen LogP contribution in [0.2, 0.25) is 5.02 Å². The molecular formula is C14H20ClN3. The predicted molar refractivity (Wildman–Crippen MR) is 77.9 cm³/mol. The molecule has 0 aliphatic heterocycles. The molecule has 98 valence electrons. The van der Waals surface area contributed by atoms with Crippen LogP contribution < -0.4 is 5.73 Å². The van der Waals surface area contributed by atoms with Gasteiger partial charge in [0, 0.05) is 11.1 Å². The highest BCUT2D eigenvalue weighted by atomic mass is 35.5. The van der Waals surface area contributed by atoms with Gasteiger partial charge in [-0.15, -0.1) is 0 Å². The third kappa shape index (κ3) is 2.61. The zero-order valence-electron chi connectivity index (χ0n) is 11.2. The van der Waals surface area contributed by atoms with E-state index < -0.39 is 0 Å². The number of imidazole rings is 1. The van der Waals surface area contributed by atoms with E-state index in [1.807, 2.05) is 18.2 Å². The Labute approximate surface area is 113 Å². The highest BCUT2D eigenvalue weighted by molar-refractivity contribution is 6.31. The second-order valence-corrected chi connectivity index (χ2v) is 5.73. The summed E-state index contributed by atoms with van der Waals surface area (Å²) in [6.45, 7) is 6.65. The molecule has 1 heterocycles. The first kappa shape index (κ1) is 13.2. The van der Waals surface area contributed by atoms with Crippen molar-refractivity contribution in [3.05, 3.63) is 23.2 Å². The summed E-state index contributed by atoms with van der Waals surface area (Å²) in [5.74, 6) is 1.27. The minimum Gasteiger partial charge on any atom is -0.369 e. The number of nitrogens with two attached hydrogens (primary N) is 1. The molecule has 4 heteroatoms. The lowest BCUT2D eigenvalue weighted by molar-refractivity contribution is 0.450. The molecule has 0 spiro atoms. The average Bonchev–Trinajstić information content (AvgIpc) is 2.61. The number of fused-ring (bicyclic) bond motifs is 1. The molecule has 0 aliphatic rings. The van der Waals surface area contributed by atoms with E-state index in [-0.39, 0.29) is 0 Å². The van der Waals surface area contributed by atoms with Crippen molar-refractivity contribution in [3.63, 3.8) is 0 Å². The summed E-state index contributed by atoms with van der Waals surface area (Å²) in [5, 5.41) is 0.722. The van der Waals surface area contributed by atoms with Gasteiger partial charge in [0.15, 0.2) is 0 Å². The number of benzene rings is 1. The fourth-order valence-corrected chi connectivity index (χ4v) is 2.42. The molecule has 1 unspecified atom stereocenters. The Hall–Kier alpha value is -1.22. The van der Waals surface area contributed by atoms with E-state index in [1.54, 1.807) is 0 Å². The second-order valence-electron chi connectivity index (χ2n) is 5.29. The average molecular weight is 266 g/mol. The molecule has 18 heavy (non-hydrogen) atoms. The molecule has 0 saturated carbocycles. The van der Waals surface area contributed by atoms with E-state index in [9.17, 15) is 0 Å². The molecule has 2 N–H and O–H groups in total. The Morgan fingerprint density at radius 2 is 2.00 bits per heavy atom. The number of hydrogen-bond acceptors (Lipinski definition) is 2. The Kier molecular flexibility index (Phi) is 3.81. The van der Waals surface area contributed by atoms with E-state index in [2.05, 4.69) is 30.3 Å². The van der Waals surface area contributed by atoms with Crippen LogP contribution in [-0.4, -0.2) is 9.55 Å². The molecule has 3 nitrogen and oxygen atoms in total. The number of hydrogen-bond donors (Lipinski definition) is 1. The summed E-state index contributed by atoms with van der Waals surface area (Å²) in [7, 11) is 0. The molecule has 2 aromatic rings. The maximum atomic E-state index is 6.05. The summed E-state index contributed by atoms with van der Waals surface area (Å²) in [6.07, 6.45) is 2.28. The van der Waals surface area contributed by atoms with Gasteiger partial charge in [-0.2, -0.15) is 0 Å². The van der Waals surface area contributed by atoms with Gasteiger partial charge in [-0.3, -0.25) is 0 Å². The van der Waals surface area contributed by atoms with E-state index >= 15 is 0 Å². The van der Waals surface area contributed by atoms with Gasteiger partial charge >= 0.3 is 0 Å². The molecule has 0 bridgehead atoms. The number of halogens is 1. The quantitative estimate of drug-likeness (QED) is 0.897. The van der Waals surface area contributed by atoms with E-state index in [0.29, 0.717) is 17.9 Å². The molecule has 0 amide bonds.